The lowest BCUT2D eigenvalue weighted by molar-refractivity contribution is -0.120. The fourth-order valence-electron chi connectivity index (χ4n) is 3.68. The molecule has 1 saturated heterocycles. The van der Waals surface area contributed by atoms with E-state index in [9.17, 15) is 4.39 Å². The van der Waals surface area contributed by atoms with Crippen molar-refractivity contribution in [1.29, 1.82) is 0 Å². The molecule has 0 aliphatic carbocycles. The fraction of sp³-hybridized carbons (Fsp3) is 0.280. The van der Waals surface area contributed by atoms with Crippen molar-refractivity contribution in [3.63, 3.8) is 0 Å². The molecule has 168 valence electrons. The largest absolute Gasteiger partial charge is 0.491 e. The summed E-state index contributed by atoms with van der Waals surface area (Å²) in [5.41, 5.74) is 4.12. The second-order valence-corrected chi connectivity index (χ2v) is 8.71. The molecule has 1 aliphatic heterocycles. The van der Waals surface area contributed by atoms with Gasteiger partial charge in [-0.1, -0.05) is 19.1 Å². The summed E-state index contributed by atoms with van der Waals surface area (Å²) in [6.45, 7) is 6.35. The van der Waals surface area contributed by atoms with Crippen LogP contribution in [0.15, 0.2) is 54.9 Å². The summed E-state index contributed by atoms with van der Waals surface area (Å²) in [6.07, 6.45) is 1.52. The third-order valence-electron chi connectivity index (χ3n) is 5.65. The van der Waals surface area contributed by atoms with Crippen LogP contribution in [0.3, 0.4) is 0 Å². The predicted molar refractivity (Wildman–Crippen MR) is 123 cm³/mol. The number of nitrogens with zero attached hydrogens (tertiary/aromatic N) is 4. The first kappa shape index (κ1) is 21.2. The molecule has 5 rings (SSSR count). The van der Waals surface area contributed by atoms with E-state index in [0.717, 1.165) is 27.9 Å². The highest BCUT2D eigenvalue weighted by Crippen LogP contribution is 2.36. The summed E-state index contributed by atoms with van der Waals surface area (Å²) in [7, 11) is 0. The van der Waals surface area contributed by atoms with Gasteiger partial charge in [-0.3, -0.25) is 0 Å². The first-order valence-corrected chi connectivity index (χ1v) is 10.8. The van der Waals surface area contributed by atoms with Crippen LogP contribution in [0.25, 0.3) is 22.0 Å². The second-order valence-electron chi connectivity index (χ2n) is 8.71. The summed E-state index contributed by atoms with van der Waals surface area (Å²) in [6, 6.07) is 14.2. The molecule has 33 heavy (non-hydrogen) atoms. The lowest BCUT2D eigenvalue weighted by atomic mass is 9.90. The number of hydrogen-bond acceptors (Lipinski definition) is 7. The zero-order valence-electron chi connectivity index (χ0n) is 18.5. The minimum Gasteiger partial charge on any atom is -0.491 e. The Kier molecular flexibility index (Phi) is 5.60. The van der Waals surface area contributed by atoms with Crippen LogP contribution in [0, 0.1) is 18.2 Å². The number of rotatable bonds is 7. The topological polar surface area (TPSA) is 82.1 Å². The van der Waals surface area contributed by atoms with Crippen LogP contribution in [0.4, 0.5) is 10.2 Å². The summed E-state index contributed by atoms with van der Waals surface area (Å²) in [5, 5.41) is 12.5. The lowest BCUT2D eigenvalue weighted by Gasteiger charge is -2.37. The van der Waals surface area contributed by atoms with Gasteiger partial charge in [0, 0.05) is 10.8 Å². The van der Waals surface area contributed by atoms with Crippen molar-refractivity contribution < 1.29 is 13.9 Å². The van der Waals surface area contributed by atoms with Gasteiger partial charge in [0.1, 0.15) is 29.2 Å². The third kappa shape index (κ3) is 4.61. The van der Waals surface area contributed by atoms with E-state index in [0.29, 0.717) is 43.4 Å². The second kappa shape index (κ2) is 8.71. The molecule has 1 aliphatic rings. The Balaban J connectivity index is 1.53. The zero-order valence-corrected chi connectivity index (χ0v) is 18.5. The maximum atomic E-state index is 13.5. The van der Waals surface area contributed by atoms with Crippen molar-refractivity contribution in [3.8, 4) is 16.9 Å². The molecule has 0 unspecified atom stereocenters. The Morgan fingerprint density at radius 2 is 1.85 bits per heavy atom. The molecule has 0 saturated carbocycles. The van der Waals surface area contributed by atoms with Crippen LogP contribution in [0.2, 0.25) is 0 Å². The average molecular weight is 445 g/mol. The van der Waals surface area contributed by atoms with E-state index < -0.39 is 0 Å². The van der Waals surface area contributed by atoms with E-state index in [4.69, 9.17) is 9.47 Å². The van der Waals surface area contributed by atoms with Crippen molar-refractivity contribution >= 4 is 16.7 Å². The molecular weight excluding hydrogens is 421 g/mol. The summed E-state index contributed by atoms with van der Waals surface area (Å²) in [4.78, 5) is 8.97. The average Bonchev–Trinajstić information content (AvgIpc) is 2.81. The molecule has 8 heteroatoms. The van der Waals surface area contributed by atoms with Crippen molar-refractivity contribution in [3.05, 3.63) is 72.1 Å². The van der Waals surface area contributed by atoms with Crippen LogP contribution in [-0.2, 0) is 11.3 Å². The molecule has 2 aromatic heterocycles. The van der Waals surface area contributed by atoms with Crippen molar-refractivity contribution in [2.45, 2.75) is 20.4 Å². The SMILES string of the molecule is Cc1ccc(CNc2ncnc3c(OCC4(C)COC4)cc(-c4ccc(F)cc4)cc23)nn1. The van der Waals surface area contributed by atoms with Crippen LogP contribution in [-0.4, -0.2) is 40.0 Å². The molecule has 7 nitrogen and oxygen atoms in total. The van der Waals surface area contributed by atoms with Gasteiger partial charge < -0.3 is 14.8 Å². The standard InChI is InChI=1S/C25H24FN5O2/c1-16-3-8-20(31-30-16)11-27-24-21-9-18(17-4-6-19(26)7-5-17)10-22(23(21)28-15-29-24)33-14-25(2)12-32-13-25/h3-10,15H,11-14H2,1-2H3,(H,27,28,29). The summed E-state index contributed by atoms with van der Waals surface area (Å²) < 4.78 is 25.1. The summed E-state index contributed by atoms with van der Waals surface area (Å²) in [5.74, 6) is 1.04. The Bertz CT molecular complexity index is 1270. The molecule has 3 heterocycles. The maximum Gasteiger partial charge on any atom is 0.146 e. The number of halogens is 1. The van der Waals surface area contributed by atoms with Gasteiger partial charge in [0.2, 0.25) is 0 Å². The molecule has 0 amide bonds. The Morgan fingerprint density at radius 3 is 2.55 bits per heavy atom. The molecule has 1 fully saturated rings. The van der Waals surface area contributed by atoms with E-state index >= 15 is 0 Å². The zero-order chi connectivity index (χ0) is 22.8. The van der Waals surface area contributed by atoms with Crippen molar-refractivity contribution in [2.24, 2.45) is 5.41 Å². The first-order chi connectivity index (χ1) is 16.0. The van der Waals surface area contributed by atoms with E-state index in [1.54, 1.807) is 12.1 Å². The molecule has 1 N–H and O–H groups in total. The van der Waals surface area contributed by atoms with Crippen molar-refractivity contribution in [2.75, 3.05) is 25.1 Å². The highest BCUT2D eigenvalue weighted by molar-refractivity contribution is 5.96. The minimum absolute atomic E-state index is 0.0174. The van der Waals surface area contributed by atoms with Gasteiger partial charge in [-0.2, -0.15) is 10.2 Å². The number of fused-ring (bicyclic) bond motifs is 1. The number of aromatic nitrogens is 4. The molecule has 4 aromatic rings. The molecule has 0 radical (unpaired) electrons. The predicted octanol–water partition coefficient (Wildman–Crippen LogP) is 4.56. The molecular formula is C25H24FN5O2. The summed E-state index contributed by atoms with van der Waals surface area (Å²) >= 11 is 0. The van der Waals surface area contributed by atoms with Gasteiger partial charge in [0.25, 0.3) is 0 Å². The van der Waals surface area contributed by atoms with E-state index in [1.807, 2.05) is 31.2 Å². The smallest absolute Gasteiger partial charge is 0.146 e. The van der Waals surface area contributed by atoms with Gasteiger partial charge in [-0.05, 0) is 54.4 Å². The highest BCUT2D eigenvalue weighted by Gasteiger charge is 2.34. The number of ether oxygens (including phenoxy) is 2. The van der Waals surface area contributed by atoms with Crippen LogP contribution in [0.5, 0.6) is 5.75 Å². The minimum atomic E-state index is -0.279. The normalized spacial score (nSPS) is 14.6. The Labute approximate surface area is 191 Å². The van der Waals surface area contributed by atoms with Crippen molar-refractivity contribution in [1.82, 2.24) is 20.2 Å². The van der Waals surface area contributed by atoms with E-state index in [-0.39, 0.29) is 11.2 Å². The van der Waals surface area contributed by atoms with Gasteiger partial charge in [0.05, 0.1) is 37.8 Å². The van der Waals surface area contributed by atoms with E-state index in [1.165, 1.54) is 18.5 Å². The number of nitrogens with one attached hydrogen (secondary N) is 1. The molecule has 0 atom stereocenters. The Hall–Kier alpha value is -3.65. The van der Waals surface area contributed by atoms with Crippen LogP contribution >= 0.6 is 0 Å². The Morgan fingerprint density at radius 1 is 1.03 bits per heavy atom. The van der Waals surface area contributed by atoms with Gasteiger partial charge in [-0.15, -0.1) is 0 Å². The molecule has 0 bridgehead atoms. The quantitative estimate of drug-likeness (QED) is 0.446. The van der Waals surface area contributed by atoms with Crippen LogP contribution in [0.1, 0.15) is 18.3 Å². The first-order valence-electron chi connectivity index (χ1n) is 10.8. The van der Waals surface area contributed by atoms with Gasteiger partial charge in [0.15, 0.2) is 0 Å². The third-order valence-corrected chi connectivity index (χ3v) is 5.65. The van der Waals surface area contributed by atoms with E-state index in [2.05, 4.69) is 32.4 Å². The number of anilines is 1. The molecule has 2 aromatic carbocycles. The van der Waals surface area contributed by atoms with Gasteiger partial charge in [-0.25, -0.2) is 14.4 Å². The number of benzene rings is 2. The number of aryl methyl sites for hydroxylation is 1. The van der Waals surface area contributed by atoms with Gasteiger partial charge >= 0.3 is 0 Å². The lowest BCUT2D eigenvalue weighted by Crippen LogP contribution is -2.44. The monoisotopic (exact) mass is 445 g/mol. The fourth-order valence-corrected chi connectivity index (χ4v) is 3.68. The maximum absolute atomic E-state index is 13.5. The highest BCUT2D eigenvalue weighted by atomic mass is 19.1. The number of hydrogen-bond donors (Lipinski definition) is 1. The molecule has 0 spiro atoms. The van der Waals surface area contributed by atoms with Crippen LogP contribution < -0.4 is 10.1 Å².